The lowest BCUT2D eigenvalue weighted by Gasteiger charge is -2.39. The van der Waals surface area contributed by atoms with Crippen molar-refractivity contribution in [2.75, 3.05) is 0 Å². The van der Waals surface area contributed by atoms with E-state index < -0.39 is 5.41 Å². The van der Waals surface area contributed by atoms with Gasteiger partial charge in [-0.25, -0.2) is 15.0 Å². The standard InChI is InChI=1S/C60H35N3OS/c1-3-16-36(17-4-1)58-43-32-33-47-57(39-20-7-9-23-44(39)60(47)45-24-10-13-28-53(45)65-54-29-14-11-25-46(54)60)56(43)41-31-30-38(34-49(41)61-58)48-35-50(63-59(62-48)37-18-5-2-6-19-37)40-22-15-27-52-55(40)42-21-8-12-26-51(42)64-52/h1-35H. The molecular weight excluding hydrogens is 811 g/mol. The number of para-hydroxylation sites is 1. The summed E-state index contributed by atoms with van der Waals surface area (Å²) < 4.78 is 6.35. The van der Waals surface area contributed by atoms with Crippen molar-refractivity contribution in [2.45, 2.75) is 15.2 Å². The van der Waals surface area contributed by atoms with Crippen LogP contribution in [0.3, 0.4) is 0 Å². The van der Waals surface area contributed by atoms with Gasteiger partial charge >= 0.3 is 0 Å². The van der Waals surface area contributed by atoms with Crippen LogP contribution in [0.25, 0.3) is 99.9 Å². The lowest BCUT2D eigenvalue weighted by atomic mass is 9.67. The number of nitrogens with zero attached hydrogens (tertiary/aromatic N) is 3. The number of rotatable bonds is 4. The van der Waals surface area contributed by atoms with E-state index in [1.807, 2.05) is 54.2 Å². The second-order valence-electron chi connectivity index (χ2n) is 17.0. The molecule has 1 spiro atoms. The van der Waals surface area contributed by atoms with Crippen LogP contribution in [0.5, 0.6) is 0 Å². The van der Waals surface area contributed by atoms with E-state index in [0.29, 0.717) is 5.82 Å². The Bertz CT molecular complexity index is 3890. The van der Waals surface area contributed by atoms with Crippen molar-refractivity contribution in [2.24, 2.45) is 0 Å². The summed E-state index contributed by atoms with van der Waals surface area (Å²) in [6.45, 7) is 0. The quantitative estimate of drug-likeness (QED) is 0.165. The fourth-order valence-corrected chi connectivity index (χ4v) is 12.0. The molecule has 5 heteroatoms. The molecule has 12 aromatic rings. The SMILES string of the molecule is c1ccc(-c2nc(-c3ccc4c(c3)nc(-c3ccccc3)c3ccc5c(c34)-c3ccccc3C53c4ccccc4Sc4ccccc43)cc(-c3cccc4oc5ccccc5c34)n2)cc1. The van der Waals surface area contributed by atoms with Gasteiger partial charge in [-0.15, -0.1) is 0 Å². The van der Waals surface area contributed by atoms with Gasteiger partial charge in [0.05, 0.1) is 28.0 Å². The first kappa shape index (κ1) is 36.4. The van der Waals surface area contributed by atoms with Crippen LogP contribution < -0.4 is 0 Å². The Morgan fingerprint density at radius 3 is 1.82 bits per heavy atom. The van der Waals surface area contributed by atoms with E-state index >= 15 is 0 Å². The summed E-state index contributed by atoms with van der Waals surface area (Å²) in [5, 5.41) is 5.54. The Balaban J connectivity index is 1.06. The van der Waals surface area contributed by atoms with E-state index in [0.717, 1.165) is 77.6 Å². The molecular formula is C60H35N3OS. The molecule has 0 N–H and O–H groups in total. The molecule has 0 radical (unpaired) electrons. The zero-order valence-electron chi connectivity index (χ0n) is 34.9. The Morgan fingerprint density at radius 1 is 0.385 bits per heavy atom. The third kappa shape index (κ3) is 5.24. The summed E-state index contributed by atoms with van der Waals surface area (Å²) in [7, 11) is 0. The van der Waals surface area contributed by atoms with E-state index in [9.17, 15) is 0 Å². The van der Waals surface area contributed by atoms with Crippen LogP contribution in [-0.2, 0) is 5.41 Å². The number of pyridine rings is 1. The van der Waals surface area contributed by atoms with Crippen LogP contribution in [0, 0.1) is 0 Å². The molecule has 9 aromatic carbocycles. The van der Waals surface area contributed by atoms with Crippen LogP contribution in [0.1, 0.15) is 22.3 Å². The van der Waals surface area contributed by atoms with Crippen LogP contribution in [0.15, 0.2) is 227 Å². The van der Waals surface area contributed by atoms with Crippen molar-refractivity contribution in [3.05, 3.63) is 235 Å². The van der Waals surface area contributed by atoms with Gasteiger partial charge in [-0.2, -0.15) is 0 Å². The average molecular weight is 846 g/mol. The van der Waals surface area contributed by atoms with E-state index in [2.05, 4.69) is 170 Å². The Kier molecular flexibility index (Phi) is 7.80. The molecule has 0 amide bonds. The molecule has 2 aliphatic rings. The van der Waals surface area contributed by atoms with Gasteiger partial charge in [0.2, 0.25) is 0 Å². The van der Waals surface area contributed by atoms with Crippen molar-refractivity contribution in [3.63, 3.8) is 0 Å². The minimum atomic E-state index is -0.491. The summed E-state index contributed by atoms with van der Waals surface area (Å²) in [6.07, 6.45) is 0. The second-order valence-corrected chi connectivity index (χ2v) is 18.0. The topological polar surface area (TPSA) is 51.8 Å². The second kappa shape index (κ2) is 13.9. The zero-order valence-corrected chi connectivity index (χ0v) is 35.7. The number of hydrogen-bond donors (Lipinski definition) is 0. The average Bonchev–Trinajstić information content (AvgIpc) is 3.90. The van der Waals surface area contributed by atoms with Crippen molar-refractivity contribution >= 4 is 55.4 Å². The number of benzene rings is 9. The molecule has 4 heterocycles. The molecule has 0 saturated heterocycles. The minimum absolute atomic E-state index is 0.491. The van der Waals surface area contributed by atoms with Crippen molar-refractivity contribution < 1.29 is 4.42 Å². The number of aromatic nitrogens is 3. The van der Waals surface area contributed by atoms with Crippen LogP contribution >= 0.6 is 11.8 Å². The normalized spacial score (nSPS) is 13.3. The monoisotopic (exact) mass is 845 g/mol. The molecule has 4 nitrogen and oxygen atoms in total. The Morgan fingerprint density at radius 2 is 1.02 bits per heavy atom. The smallest absolute Gasteiger partial charge is 0.160 e. The first-order valence-electron chi connectivity index (χ1n) is 22.0. The maximum absolute atomic E-state index is 6.35. The highest BCUT2D eigenvalue weighted by Gasteiger charge is 2.50. The molecule has 14 rings (SSSR count). The van der Waals surface area contributed by atoms with E-state index in [-0.39, 0.29) is 0 Å². The largest absolute Gasteiger partial charge is 0.456 e. The Labute approximate surface area is 378 Å². The van der Waals surface area contributed by atoms with Gasteiger partial charge in [0, 0.05) is 59.0 Å². The predicted octanol–water partition coefficient (Wildman–Crippen LogP) is 15.6. The van der Waals surface area contributed by atoms with Crippen molar-refractivity contribution in [1.82, 2.24) is 15.0 Å². The van der Waals surface area contributed by atoms with Gasteiger partial charge in [0.15, 0.2) is 5.82 Å². The summed E-state index contributed by atoms with van der Waals surface area (Å²) in [4.78, 5) is 18.7. The third-order valence-corrected chi connectivity index (χ3v) is 14.7. The number of fused-ring (bicyclic) bond motifs is 16. The van der Waals surface area contributed by atoms with Gasteiger partial charge in [0.25, 0.3) is 0 Å². The van der Waals surface area contributed by atoms with Crippen LogP contribution in [-0.4, -0.2) is 15.0 Å². The first-order valence-corrected chi connectivity index (χ1v) is 22.8. The van der Waals surface area contributed by atoms with Crippen molar-refractivity contribution in [3.8, 4) is 56.3 Å². The molecule has 0 fully saturated rings. The maximum atomic E-state index is 6.35. The minimum Gasteiger partial charge on any atom is -0.456 e. The first-order chi connectivity index (χ1) is 32.2. The molecule has 0 unspecified atom stereocenters. The predicted molar refractivity (Wildman–Crippen MR) is 265 cm³/mol. The van der Waals surface area contributed by atoms with E-state index in [4.69, 9.17) is 19.4 Å². The third-order valence-electron chi connectivity index (χ3n) is 13.5. The molecule has 65 heavy (non-hydrogen) atoms. The highest BCUT2D eigenvalue weighted by molar-refractivity contribution is 7.99. The highest BCUT2D eigenvalue weighted by atomic mass is 32.2. The zero-order chi connectivity index (χ0) is 42.6. The summed E-state index contributed by atoms with van der Waals surface area (Å²) in [5.41, 5.74) is 16.5. The molecule has 1 aliphatic heterocycles. The van der Waals surface area contributed by atoms with Gasteiger partial charge in [-0.1, -0.05) is 188 Å². The summed E-state index contributed by atoms with van der Waals surface area (Å²) in [6, 6.07) is 76.0. The van der Waals surface area contributed by atoms with Crippen molar-refractivity contribution in [1.29, 1.82) is 0 Å². The van der Waals surface area contributed by atoms with Crippen LogP contribution in [0.2, 0.25) is 0 Å². The number of hydrogen-bond acceptors (Lipinski definition) is 5. The lowest BCUT2D eigenvalue weighted by Crippen LogP contribution is -2.31. The molecule has 0 bridgehead atoms. The fraction of sp³-hybridized carbons (Fsp3) is 0.0167. The van der Waals surface area contributed by atoms with Gasteiger partial charge in [-0.05, 0) is 69.8 Å². The molecule has 1 aliphatic carbocycles. The van der Waals surface area contributed by atoms with Gasteiger partial charge < -0.3 is 4.42 Å². The molecule has 302 valence electrons. The maximum Gasteiger partial charge on any atom is 0.160 e. The Hall–Kier alpha value is -8.12. The van der Waals surface area contributed by atoms with Crippen LogP contribution in [0.4, 0.5) is 0 Å². The summed E-state index contributed by atoms with van der Waals surface area (Å²) in [5.74, 6) is 0.658. The lowest BCUT2D eigenvalue weighted by molar-refractivity contribution is 0.669. The van der Waals surface area contributed by atoms with Gasteiger partial charge in [-0.3, -0.25) is 0 Å². The molecule has 0 saturated carbocycles. The van der Waals surface area contributed by atoms with E-state index in [1.165, 1.54) is 48.6 Å². The number of furan rings is 1. The highest BCUT2D eigenvalue weighted by Crippen LogP contribution is 2.63. The fourth-order valence-electron chi connectivity index (χ4n) is 10.8. The van der Waals surface area contributed by atoms with E-state index in [1.54, 1.807) is 0 Å². The summed E-state index contributed by atoms with van der Waals surface area (Å²) >= 11 is 1.87. The van der Waals surface area contributed by atoms with Gasteiger partial charge in [0.1, 0.15) is 11.2 Å². The molecule has 3 aromatic heterocycles. The molecule has 0 atom stereocenters.